The van der Waals surface area contributed by atoms with E-state index in [0.717, 1.165) is 11.5 Å². The summed E-state index contributed by atoms with van der Waals surface area (Å²) in [7, 11) is 0. The summed E-state index contributed by atoms with van der Waals surface area (Å²) in [6.45, 7) is 6.68. The predicted octanol–water partition coefficient (Wildman–Crippen LogP) is 3.16. The minimum Gasteiger partial charge on any atom is -0.384 e. The fourth-order valence-electron chi connectivity index (χ4n) is 2.37. The summed E-state index contributed by atoms with van der Waals surface area (Å²) < 4.78 is 0. The molecule has 0 radical (unpaired) electrons. The molecule has 1 saturated carbocycles. The van der Waals surface area contributed by atoms with Gasteiger partial charge in [0.15, 0.2) is 0 Å². The Morgan fingerprint density at radius 3 is 2.67 bits per heavy atom. The number of rotatable bonds is 5. The van der Waals surface area contributed by atoms with Crippen molar-refractivity contribution in [1.29, 1.82) is 0 Å². The molecule has 1 atom stereocenters. The Morgan fingerprint density at radius 2 is 2.11 bits per heavy atom. The Hall–Kier alpha value is -0.860. The highest BCUT2D eigenvalue weighted by atomic mass is 16.3. The van der Waals surface area contributed by atoms with Crippen LogP contribution in [-0.2, 0) is 5.60 Å². The van der Waals surface area contributed by atoms with Crippen molar-refractivity contribution in [1.82, 2.24) is 5.32 Å². The van der Waals surface area contributed by atoms with Crippen LogP contribution < -0.4 is 5.32 Å². The molecule has 18 heavy (non-hydrogen) atoms. The lowest BCUT2D eigenvalue weighted by Crippen LogP contribution is -2.38. The molecule has 0 spiro atoms. The van der Waals surface area contributed by atoms with E-state index in [4.69, 9.17) is 0 Å². The Labute approximate surface area is 110 Å². The maximum absolute atomic E-state index is 10.6. The number of aliphatic hydroxyl groups is 1. The molecule has 0 aliphatic heterocycles. The SMILES string of the molecule is CC(C)NCC(C)(O)c1cccc(C2CCC2)c1. The molecule has 1 unspecified atom stereocenters. The van der Waals surface area contributed by atoms with E-state index in [0.29, 0.717) is 12.6 Å². The van der Waals surface area contributed by atoms with Gasteiger partial charge in [-0.05, 0) is 36.8 Å². The summed E-state index contributed by atoms with van der Waals surface area (Å²) in [5, 5.41) is 13.9. The molecule has 0 amide bonds. The molecule has 0 bridgehead atoms. The fourth-order valence-corrected chi connectivity index (χ4v) is 2.37. The average molecular weight is 247 g/mol. The second-order valence-electron chi connectivity index (χ2n) is 6.06. The Balaban J connectivity index is 2.10. The molecule has 1 aromatic rings. The molecule has 1 aromatic carbocycles. The summed E-state index contributed by atoms with van der Waals surface area (Å²) in [4.78, 5) is 0. The van der Waals surface area contributed by atoms with Gasteiger partial charge in [0.2, 0.25) is 0 Å². The van der Waals surface area contributed by atoms with Crippen LogP contribution in [0.2, 0.25) is 0 Å². The summed E-state index contributed by atoms with van der Waals surface area (Å²) in [5.74, 6) is 0.721. The summed E-state index contributed by atoms with van der Waals surface area (Å²) in [5.41, 5.74) is 1.63. The van der Waals surface area contributed by atoms with Gasteiger partial charge in [0.25, 0.3) is 0 Å². The van der Waals surface area contributed by atoms with Crippen molar-refractivity contribution in [3.63, 3.8) is 0 Å². The zero-order chi connectivity index (χ0) is 13.2. The number of nitrogens with one attached hydrogen (secondary N) is 1. The Bertz CT molecular complexity index is 394. The van der Waals surface area contributed by atoms with E-state index in [2.05, 4.69) is 37.4 Å². The summed E-state index contributed by atoms with van der Waals surface area (Å²) >= 11 is 0. The van der Waals surface area contributed by atoms with Gasteiger partial charge in [-0.25, -0.2) is 0 Å². The van der Waals surface area contributed by atoms with E-state index in [-0.39, 0.29) is 0 Å². The highest BCUT2D eigenvalue weighted by molar-refractivity contribution is 5.31. The van der Waals surface area contributed by atoms with Gasteiger partial charge in [-0.2, -0.15) is 0 Å². The Morgan fingerprint density at radius 1 is 1.39 bits per heavy atom. The van der Waals surface area contributed by atoms with Crippen molar-refractivity contribution in [3.8, 4) is 0 Å². The third-order valence-electron chi connectivity index (χ3n) is 3.94. The van der Waals surface area contributed by atoms with Crippen molar-refractivity contribution < 1.29 is 5.11 Å². The first-order chi connectivity index (χ1) is 8.49. The number of hydrogen-bond donors (Lipinski definition) is 2. The monoisotopic (exact) mass is 247 g/mol. The number of benzene rings is 1. The van der Waals surface area contributed by atoms with Gasteiger partial charge in [0.05, 0.1) is 5.60 Å². The number of hydrogen-bond acceptors (Lipinski definition) is 2. The standard InChI is InChI=1S/C16H25NO/c1-12(2)17-11-16(3,18)15-9-5-8-14(10-15)13-6-4-7-13/h5,8-10,12-13,17-18H,4,6-7,11H2,1-3H3. The third kappa shape index (κ3) is 3.12. The smallest absolute Gasteiger partial charge is 0.0992 e. The molecule has 0 heterocycles. The molecule has 0 aromatic heterocycles. The van der Waals surface area contributed by atoms with Crippen molar-refractivity contribution in [3.05, 3.63) is 35.4 Å². The normalized spacial score (nSPS) is 19.6. The van der Waals surface area contributed by atoms with Gasteiger partial charge in [-0.3, -0.25) is 0 Å². The lowest BCUT2D eigenvalue weighted by molar-refractivity contribution is 0.0548. The molecule has 1 aliphatic carbocycles. The maximum atomic E-state index is 10.6. The van der Waals surface area contributed by atoms with E-state index in [9.17, 15) is 5.11 Å². The highest BCUT2D eigenvalue weighted by Gasteiger charge is 2.25. The van der Waals surface area contributed by atoms with Crippen LogP contribution in [0.25, 0.3) is 0 Å². The molecule has 2 N–H and O–H groups in total. The minimum absolute atomic E-state index is 0.395. The summed E-state index contributed by atoms with van der Waals surface area (Å²) in [6, 6.07) is 8.88. The van der Waals surface area contributed by atoms with E-state index in [1.165, 1.54) is 24.8 Å². The maximum Gasteiger partial charge on any atom is 0.0992 e. The molecular formula is C16H25NO. The van der Waals surface area contributed by atoms with Gasteiger partial charge >= 0.3 is 0 Å². The van der Waals surface area contributed by atoms with Gasteiger partial charge in [-0.1, -0.05) is 44.5 Å². The zero-order valence-corrected chi connectivity index (χ0v) is 11.7. The first-order valence-electron chi connectivity index (χ1n) is 7.05. The van der Waals surface area contributed by atoms with E-state index < -0.39 is 5.60 Å². The van der Waals surface area contributed by atoms with Crippen LogP contribution in [0.4, 0.5) is 0 Å². The molecule has 2 rings (SSSR count). The quantitative estimate of drug-likeness (QED) is 0.837. The summed E-state index contributed by atoms with van der Waals surface area (Å²) in [6.07, 6.45) is 3.95. The van der Waals surface area contributed by atoms with Crippen LogP contribution in [0.5, 0.6) is 0 Å². The van der Waals surface area contributed by atoms with Crippen LogP contribution in [0.1, 0.15) is 57.1 Å². The molecule has 100 valence electrons. The molecule has 1 aliphatic rings. The molecule has 2 heteroatoms. The lowest BCUT2D eigenvalue weighted by atomic mass is 9.79. The second-order valence-corrected chi connectivity index (χ2v) is 6.06. The van der Waals surface area contributed by atoms with Gasteiger partial charge in [0.1, 0.15) is 0 Å². The predicted molar refractivity (Wildman–Crippen MR) is 75.7 cm³/mol. The fraction of sp³-hybridized carbons (Fsp3) is 0.625. The van der Waals surface area contributed by atoms with E-state index >= 15 is 0 Å². The van der Waals surface area contributed by atoms with E-state index in [1.807, 2.05) is 13.0 Å². The third-order valence-corrected chi connectivity index (χ3v) is 3.94. The molecule has 1 fully saturated rings. The van der Waals surface area contributed by atoms with Crippen molar-refractivity contribution in [2.24, 2.45) is 0 Å². The van der Waals surface area contributed by atoms with Crippen LogP contribution in [0, 0.1) is 0 Å². The van der Waals surface area contributed by atoms with Gasteiger partial charge in [0, 0.05) is 12.6 Å². The minimum atomic E-state index is -0.788. The molecule has 0 saturated heterocycles. The van der Waals surface area contributed by atoms with Crippen molar-refractivity contribution >= 4 is 0 Å². The van der Waals surface area contributed by atoms with Gasteiger partial charge < -0.3 is 10.4 Å². The molecular weight excluding hydrogens is 222 g/mol. The van der Waals surface area contributed by atoms with Crippen LogP contribution in [0.15, 0.2) is 24.3 Å². The van der Waals surface area contributed by atoms with Crippen LogP contribution in [-0.4, -0.2) is 17.7 Å². The first-order valence-corrected chi connectivity index (χ1v) is 7.05. The molecule has 2 nitrogen and oxygen atoms in total. The van der Waals surface area contributed by atoms with Crippen LogP contribution >= 0.6 is 0 Å². The van der Waals surface area contributed by atoms with Gasteiger partial charge in [-0.15, -0.1) is 0 Å². The largest absolute Gasteiger partial charge is 0.384 e. The first kappa shape index (κ1) is 13.6. The highest BCUT2D eigenvalue weighted by Crippen LogP contribution is 2.37. The van der Waals surface area contributed by atoms with Crippen molar-refractivity contribution in [2.75, 3.05) is 6.54 Å². The van der Waals surface area contributed by atoms with E-state index in [1.54, 1.807) is 0 Å². The average Bonchev–Trinajstić information content (AvgIpc) is 2.25. The second kappa shape index (κ2) is 5.41. The van der Waals surface area contributed by atoms with Crippen molar-refractivity contribution in [2.45, 2.75) is 57.6 Å². The zero-order valence-electron chi connectivity index (χ0n) is 11.7. The Kier molecular flexibility index (Phi) is 4.08. The van der Waals surface area contributed by atoms with Crippen LogP contribution in [0.3, 0.4) is 0 Å². The topological polar surface area (TPSA) is 32.3 Å². The lowest BCUT2D eigenvalue weighted by Gasteiger charge is -2.29.